The monoisotopic (exact) mass is 334 g/mol. The molecule has 1 aromatic carbocycles. The van der Waals surface area contributed by atoms with E-state index in [1.54, 1.807) is 6.92 Å². The first-order valence-electron chi connectivity index (χ1n) is 7.14. The van der Waals surface area contributed by atoms with E-state index in [-0.39, 0.29) is 36.5 Å². The van der Waals surface area contributed by atoms with E-state index in [0.717, 1.165) is 6.42 Å². The molecule has 1 fully saturated rings. The Balaban J connectivity index is 0.00000242. The number of nitrogens with two attached hydrogens (primary N) is 1. The highest BCUT2D eigenvalue weighted by Gasteiger charge is 2.32. The number of nitrogens with zero attached hydrogens (tertiary/aromatic N) is 1. The second-order valence-corrected chi connectivity index (χ2v) is 5.11. The molecule has 1 heterocycles. The highest BCUT2D eigenvalue weighted by molar-refractivity contribution is 5.85. The van der Waals surface area contributed by atoms with Crippen molar-refractivity contribution in [1.29, 1.82) is 0 Å². The van der Waals surface area contributed by atoms with Gasteiger partial charge in [-0.05, 0) is 31.9 Å². The first kappa shape index (κ1) is 18.8. The van der Waals surface area contributed by atoms with Gasteiger partial charge in [-0.2, -0.15) is 0 Å². The number of rotatable bonds is 5. The molecule has 1 amide bonds. The third-order valence-electron chi connectivity index (χ3n) is 3.75. The highest BCUT2D eigenvalue weighted by Crippen LogP contribution is 2.22. The lowest BCUT2D eigenvalue weighted by atomic mass is 10.1. The maximum atomic E-state index is 13.7. The zero-order chi connectivity index (χ0) is 15.4. The molecule has 0 aromatic heterocycles. The summed E-state index contributed by atoms with van der Waals surface area (Å²) >= 11 is 0. The fourth-order valence-electron chi connectivity index (χ4n) is 2.48. The first-order chi connectivity index (χ1) is 10.1. The van der Waals surface area contributed by atoms with E-state index < -0.39 is 17.7 Å². The smallest absolute Gasteiger partial charge is 0.252 e. The van der Waals surface area contributed by atoms with Gasteiger partial charge in [0.2, 0.25) is 0 Å². The van der Waals surface area contributed by atoms with Gasteiger partial charge in [0.1, 0.15) is 17.7 Å². The Kier molecular flexibility index (Phi) is 7.19. The zero-order valence-corrected chi connectivity index (χ0v) is 13.2. The van der Waals surface area contributed by atoms with Crippen LogP contribution in [0.3, 0.4) is 0 Å². The summed E-state index contributed by atoms with van der Waals surface area (Å²) in [4.78, 5) is 13.8. The van der Waals surface area contributed by atoms with E-state index in [1.165, 1.54) is 23.1 Å². The van der Waals surface area contributed by atoms with Gasteiger partial charge in [-0.3, -0.25) is 4.79 Å². The Morgan fingerprint density at radius 3 is 2.50 bits per heavy atom. The van der Waals surface area contributed by atoms with Crippen molar-refractivity contribution in [2.75, 3.05) is 13.1 Å². The van der Waals surface area contributed by atoms with E-state index in [4.69, 9.17) is 10.5 Å². The van der Waals surface area contributed by atoms with Crippen molar-refractivity contribution in [3.63, 3.8) is 0 Å². The van der Waals surface area contributed by atoms with E-state index in [0.29, 0.717) is 19.5 Å². The number of hydrogen-bond acceptors (Lipinski definition) is 3. The zero-order valence-electron chi connectivity index (χ0n) is 12.4. The van der Waals surface area contributed by atoms with E-state index in [1.807, 2.05) is 0 Å². The number of amides is 1. The Morgan fingerprint density at radius 1 is 1.36 bits per heavy atom. The molecule has 0 aliphatic carbocycles. The lowest BCUT2D eigenvalue weighted by Gasteiger charge is -2.24. The van der Waals surface area contributed by atoms with Gasteiger partial charge in [-0.15, -0.1) is 12.4 Å². The van der Waals surface area contributed by atoms with Crippen LogP contribution in [-0.4, -0.2) is 36.1 Å². The van der Waals surface area contributed by atoms with E-state index in [9.17, 15) is 13.6 Å². The second kappa shape index (κ2) is 8.41. The van der Waals surface area contributed by atoms with Crippen molar-refractivity contribution < 1.29 is 18.3 Å². The van der Waals surface area contributed by atoms with Crippen molar-refractivity contribution in [2.24, 2.45) is 5.73 Å². The standard InChI is InChI=1S/C15H20F2N2O2.ClH/c1-2-19(9-11-12(16)4-3-5-13(11)17)15(20)14-7-6-10(8-18)21-14;/h3-5,10,14H,2,6-9,18H2,1H3;1H/t10-,14+;/m1./s1. The SMILES string of the molecule is CCN(Cc1c(F)cccc1F)C(=O)[C@@H]1CC[C@H](CN)O1.Cl. The minimum atomic E-state index is -0.645. The second-order valence-electron chi connectivity index (χ2n) is 5.11. The van der Waals surface area contributed by atoms with Crippen molar-refractivity contribution in [1.82, 2.24) is 4.90 Å². The molecule has 2 atom stereocenters. The van der Waals surface area contributed by atoms with Crippen LogP contribution in [0.2, 0.25) is 0 Å². The van der Waals surface area contributed by atoms with Gasteiger partial charge < -0.3 is 15.4 Å². The lowest BCUT2D eigenvalue weighted by molar-refractivity contribution is -0.143. The summed E-state index contributed by atoms with van der Waals surface area (Å²) in [5.41, 5.74) is 5.42. The highest BCUT2D eigenvalue weighted by atomic mass is 35.5. The summed E-state index contributed by atoms with van der Waals surface area (Å²) in [5, 5.41) is 0. The molecular formula is C15H21ClF2N2O2. The van der Waals surface area contributed by atoms with Gasteiger partial charge in [-0.1, -0.05) is 6.07 Å². The summed E-state index contributed by atoms with van der Waals surface area (Å²) < 4.78 is 32.9. The predicted octanol–water partition coefficient (Wildman–Crippen LogP) is 2.24. The topological polar surface area (TPSA) is 55.6 Å². The summed E-state index contributed by atoms with van der Waals surface area (Å²) in [6, 6.07) is 3.68. The Labute approximate surface area is 135 Å². The fourth-order valence-corrected chi connectivity index (χ4v) is 2.48. The maximum Gasteiger partial charge on any atom is 0.252 e. The van der Waals surface area contributed by atoms with Crippen LogP contribution in [0.5, 0.6) is 0 Å². The summed E-state index contributed by atoms with van der Waals surface area (Å²) in [7, 11) is 0. The number of carbonyl (C=O) groups excluding carboxylic acids is 1. The van der Waals surface area contributed by atoms with Gasteiger partial charge in [-0.25, -0.2) is 8.78 Å². The summed E-state index contributed by atoms with van der Waals surface area (Å²) in [6.45, 7) is 2.41. The van der Waals surface area contributed by atoms with Gasteiger partial charge in [0, 0.05) is 18.7 Å². The molecule has 1 saturated heterocycles. The van der Waals surface area contributed by atoms with Gasteiger partial charge in [0.25, 0.3) is 5.91 Å². The van der Waals surface area contributed by atoms with E-state index in [2.05, 4.69) is 0 Å². The largest absolute Gasteiger partial charge is 0.364 e. The number of ether oxygens (including phenoxy) is 1. The predicted molar refractivity (Wildman–Crippen MR) is 81.6 cm³/mol. The molecule has 0 saturated carbocycles. The Bertz CT molecular complexity index is 496. The first-order valence-corrected chi connectivity index (χ1v) is 7.14. The number of likely N-dealkylation sites (N-methyl/N-ethyl adjacent to an activating group) is 1. The number of halogens is 3. The number of carbonyl (C=O) groups is 1. The van der Waals surface area contributed by atoms with Gasteiger partial charge in [0.05, 0.1) is 12.6 Å². The molecule has 1 aliphatic rings. The van der Waals surface area contributed by atoms with Crippen molar-refractivity contribution in [3.8, 4) is 0 Å². The summed E-state index contributed by atoms with van der Waals surface area (Å²) in [6.07, 6.45) is 0.659. The van der Waals surface area contributed by atoms with Crippen LogP contribution in [0.25, 0.3) is 0 Å². The quantitative estimate of drug-likeness (QED) is 0.898. The lowest BCUT2D eigenvalue weighted by Crippen LogP contribution is -2.39. The third kappa shape index (κ3) is 4.15. The molecule has 0 radical (unpaired) electrons. The third-order valence-corrected chi connectivity index (χ3v) is 3.75. The minimum Gasteiger partial charge on any atom is -0.364 e. The molecule has 22 heavy (non-hydrogen) atoms. The normalized spacial score (nSPS) is 20.5. The van der Waals surface area contributed by atoms with Crippen molar-refractivity contribution >= 4 is 18.3 Å². The van der Waals surface area contributed by atoms with Crippen LogP contribution in [0.1, 0.15) is 25.3 Å². The average molecular weight is 335 g/mol. The minimum absolute atomic E-state index is 0. The molecule has 124 valence electrons. The summed E-state index contributed by atoms with van der Waals surface area (Å²) in [5.74, 6) is -1.53. The van der Waals surface area contributed by atoms with Crippen LogP contribution in [0.15, 0.2) is 18.2 Å². The van der Waals surface area contributed by atoms with E-state index >= 15 is 0 Å². The maximum absolute atomic E-state index is 13.7. The molecule has 4 nitrogen and oxygen atoms in total. The molecule has 0 bridgehead atoms. The van der Waals surface area contributed by atoms with Gasteiger partial charge >= 0.3 is 0 Å². The molecule has 0 spiro atoms. The fraction of sp³-hybridized carbons (Fsp3) is 0.533. The average Bonchev–Trinajstić information content (AvgIpc) is 2.95. The van der Waals surface area contributed by atoms with Crippen LogP contribution in [-0.2, 0) is 16.1 Å². The molecular weight excluding hydrogens is 314 g/mol. The molecule has 7 heteroatoms. The molecule has 2 N–H and O–H groups in total. The molecule has 1 aromatic rings. The Morgan fingerprint density at radius 2 is 2.00 bits per heavy atom. The molecule has 1 aliphatic heterocycles. The van der Waals surface area contributed by atoms with Crippen molar-refractivity contribution in [3.05, 3.63) is 35.4 Å². The molecule has 0 unspecified atom stereocenters. The van der Waals surface area contributed by atoms with Crippen molar-refractivity contribution in [2.45, 2.75) is 38.5 Å². The van der Waals surface area contributed by atoms with Gasteiger partial charge in [0.15, 0.2) is 0 Å². The molecule has 2 rings (SSSR count). The van der Waals surface area contributed by atoms with Crippen LogP contribution in [0, 0.1) is 11.6 Å². The number of benzene rings is 1. The van der Waals surface area contributed by atoms with Crippen LogP contribution in [0.4, 0.5) is 8.78 Å². The Hall–Kier alpha value is -1.24. The van der Waals surface area contributed by atoms with Crippen LogP contribution >= 0.6 is 12.4 Å². The van der Waals surface area contributed by atoms with Crippen LogP contribution < -0.4 is 5.73 Å². The number of hydrogen-bond donors (Lipinski definition) is 1.